The van der Waals surface area contributed by atoms with Crippen LogP contribution in [0.1, 0.15) is 34.6 Å². The molecule has 0 aromatic carbocycles. The molecule has 2 aromatic heterocycles. The number of carbonyl (C=O) groups is 1. The van der Waals surface area contributed by atoms with Crippen LogP contribution in [0.25, 0.3) is 10.9 Å². The molecule has 1 amide bonds. The van der Waals surface area contributed by atoms with Crippen molar-refractivity contribution < 1.29 is 23.0 Å². The second-order valence-electron chi connectivity index (χ2n) is 8.87. The Kier molecular flexibility index (Phi) is 7.73. The minimum atomic E-state index is -0.781. The molecular formula is C21H28ClF2N5O3S. The lowest BCUT2D eigenvalue weighted by molar-refractivity contribution is 0.0113. The Morgan fingerprint density at radius 1 is 1.27 bits per heavy atom. The highest BCUT2D eigenvalue weighted by Crippen LogP contribution is 2.37. The van der Waals surface area contributed by atoms with Gasteiger partial charge < -0.3 is 14.4 Å². The molecular weight excluding hydrogens is 476 g/mol. The number of anilines is 1. The lowest BCUT2D eigenvalue weighted by Gasteiger charge is -2.41. The van der Waals surface area contributed by atoms with E-state index in [9.17, 15) is 13.6 Å². The Hall–Kier alpha value is -2.14. The van der Waals surface area contributed by atoms with Crippen LogP contribution >= 0.6 is 23.4 Å². The van der Waals surface area contributed by atoms with Gasteiger partial charge in [0.15, 0.2) is 16.1 Å². The molecule has 2 aromatic rings. The summed E-state index contributed by atoms with van der Waals surface area (Å²) in [4.78, 5) is 28.7. The van der Waals surface area contributed by atoms with Gasteiger partial charge >= 0.3 is 6.09 Å². The fourth-order valence-electron chi connectivity index (χ4n) is 3.45. The summed E-state index contributed by atoms with van der Waals surface area (Å²) in [5.41, 5.74) is -0.720. The van der Waals surface area contributed by atoms with E-state index in [0.717, 1.165) is 0 Å². The summed E-state index contributed by atoms with van der Waals surface area (Å²) >= 11 is 7.24. The fourth-order valence-corrected chi connectivity index (χ4v) is 3.97. The maximum atomic E-state index is 15.0. The number of alkyl halides is 1. The minimum absolute atomic E-state index is 0.0219. The molecule has 12 heteroatoms. The molecule has 1 unspecified atom stereocenters. The summed E-state index contributed by atoms with van der Waals surface area (Å²) in [7, 11) is 0. The third kappa shape index (κ3) is 5.68. The Morgan fingerprint density at radius 2 is 1.97 bits per heavy atom. The first-order chi connectivity index (χ1) is 15.4. The van der Waals surface area contributed by atoms with Gasteiger partial charge in [-0.3, -0.25) is 4.90 Å². The standard InChI is InChI=1S/C21H28ClF2N5O3S/c1-11(2)31-18-13-15(14(24)16(22)26-18)25-19(33-6)27-17(13)28-7-8-29(12(9-23)10-28)20(30)32-21(3,4)5/h11-12H,7-10H2,1-6H3. The predicted octanol–water partition coefficient (Wildman–Crippen LogP) is 4.72. The summed E-state index contributed by atoms with van der Waals surface area (Å²) in [5, 5.41) is 0.221. The number of hydrogen-bond donors (Lipinski definition) is 0. The first-order valence-electron chi connectivity index (χ1n) is 10.5. The molecule has 1 saturated heterocycles. The first kappa shape index (κ1) is 25.5. The number of fused-ring (bicyclic) bond motifs is 1. The fraction of sp³-hybridized carbons (Fsp3) is 0.619. The Balaban J connectivity index is 2.06. The van der Waals surface area contributed by atoms with Gasteiger partial charge in [-0.05, 0) is 40.9 Å². The molecule has 1 fully saturated rings. The third-order valence-electron chi connectivity index (χ3n) is 4.79. The van der Waals surface area contributed by atoms with Crippen LogP contribution in [0.5, 0.6) is 5.88 Å². The zero-order valence-corrected chi connectivity index (χ0v) is 21.1. The Morgan fingerprint density at radius 3 is 2.55 bits per heavy atom. The van der Waals surface area contributed by atoms with E-state index in [4.69, 9.17) is 21.1 Å². The molecule has 1 atom stereocenters. The van der Waals surface area contributed by atoms with Crippen LogP contribution in [0.3, 0.4) is 0 Å². The molecule has 0 N–H and O–H groups in total. The lowest BCUT2D eigenvalue weighted by Crippen LogP contribution is -2.57. The minimum Gasteiger partial charge on any atom is -0.474 e. The van der Waals surface area contributed by atoms with E-state index in [1.807, 2.05) is 0 Å². The molecule has 0 spiro atoms. The first-order valence-corrected chi connectivity index (χ1v) is 12.1. The number of thioether (sulfide) groups is 1. The SMILES string of the molecule is CSc1nc(N2CCN(C(=O)OC(C)(C)C)C(CF)C2)c2c(OC(C)C)nc(Cl)c(F)c2n1. The number of carbonyl (C=O) groups excluding carboxylic acids is 1. The number of piperazine rings is 1. The van der Waals surface area contributed by atoms with Crippen LogP contribution in [0.15, 0.2) is 5.16 Å². The summed E-state index contributed by atoms with van der Waals surface area (Å²) in [6.07, 6.45) is 0.922. The highest BCUT2D eigenvalue weighted by atomic mass is 35.5. The van der Waals surface area contributed by atoms with Gasteiger partial charge in [-0.2, -0.15) is 4.98 Å². The maximum Gasteiger partial charge on any atom is 0.410 e. The van der Waals surface area contributed by atoms with Gasteiger partial charge in [0.2, 0.25) is 5.88 Å². The predicted molar refractivity (Wildman–Crippen MR) is 125 cm³/mol. The van der Waals surface area contributed by atoms with E-state index >= 15 is 0 Å². The molecule has 0 radical (unpaired) electrons. The molecule has 3 rings (SSSR count). The normalized spacial score (nSPS) is 17.1. The van der Waals surface area contributed by atoms with Crippen LogP contribution < -0.4 is 9.64 Å². The van der Waals surface area contributed by atoms with Crippen LogP contribution in [0, 0.1) is 5.82 Å². The van der Waals surface area contributed by atoms with Crippen molar-refractivity contribution in [3.05, 3.63) is 11.0 Å². The number of pyridine rings is 1. The van der Waals surface area contributed by atoms with E-state index in [-0.39, 0.29) is 41.1 Å². The van der Waals surface area contributed by atoms with Gasteiger partial charge in [0.05, 0.1) is 12.1 Å². The summed E-state index contributed by atoms with van der Waals surface area (Å²) in [5.74, 6) is -0.332. The van der Waals surface area contributed by atoms with Crippen LogP contribution in [0.4, 0.5) is 19.4 Å². The van der Waals surface area contributed by atoms with Gasteiger partial charge in [-0.15, -0.1) is 0 Å². The van der Waals surface area contributed by atoms with Gasteiger partial charge in [-0.25, -0.2) is 23.5 Å². The van der Waals surface area contributed by atoms with Gasteiger partial charge in [-0.1, -0.05) is 23.4 Å². The van der Waals surface area contributed by atoms with Crippen LogP contribution in [-0.2, 0) is 4.74 Å². The molecule has 0 aliphatic carbocycles. The number of aromatic nitrogens is 3. The van der Waals surface area contributed by atoms with Crippen molar-refractivity contribution in [2.24, 2.45) is 0 Å². The average Bonchev–Trinajstić information content (AvgIpc) is 2.74. The van der Waals surface area contributed by atoms with E-state index in [1.165, 1.54) is 16.7 Å². The number of hydrogen-bond acceptors (Lipinski definition) is 8. The van der Waals surface area contributed by atoms with Crippen molar-refractivity contribution in [3.63, 3.8) is 0 Å². The van der Waals surface area contributed by atoms with Crippen molar-refractivity contribution in [3.8, 4) is 5.88 Å². The molecule has 3 heterocycles. The smallest absolute Gasteiger partial charge is 0.410 e. The Labute approximate surface area is 201 Å². The van der Waals surface area contributed by atoms with Gasteiger partial charge in [0.25, 0.3) is 0 Å². The number of ether oxygens (including phenoxy) is 2. The zero-order valence-electron chi connectivity index (χ0n) is 19.5. The van der Waals surface area contributed by atoms with Crippen molar-refractivity contribution in [1.29, 1.82) is 0 Å². The number of halogens is 3. The summed E-state index contributed by atoms with van der Waals surface area (Å²) < 4.78 is 40.2. The molecule has 182 valence electrons. The maximum absolute atomic E-state index is 15.0. The number of amides is 1. The van der Waals surface area contributed by atoms with Crippen molar-refractivity contribution in [2.45, 2.75) is 57.5 Å². The van der Waals surface area contributed by atoms with E-state index < -0.39 is 30.2 Å². The van der Waals surface area contributed by atoms with Crippen molar-refractivity contribution in [1.82, 2.24) is 19.9 Å². The largest absolute Gasteiger partial charge is 0.474 e. The van der Waals surface area contributed by atoms with Gasteiger partial charge in [0, 0.05) is 19.6 Å². The number of rotatable bonds is 5. The second kappa shape index (κ2) is 10.0. The molecule has 0 saturated carbocycles. The molecule has 1 aliphatic heterocycles. The quantitative estimate of drug-likeness (QED) is 0.329. The third-order valence-corrected chi connectivity index (χ3v) is 5.59. The van der Waals surface area contributed by atoms with Crippen LogP contribution in [-0.4, -0.2) is 76.3 Å². The average molecular weight is 504 g/mol. The van der Waals surface area contributed by atoms with Gasteiger partial charge in [0.1, 0.15) is 29.0 Å². The molecule has 1 aliphatic rings. The highest BCUT2D eigenvalue weighted by molar-refractivity contribution is 7.98. The highest BCUT2D eigenvalue weighted by Gasteiger charge is 2.35. The topological polar surface area (TPSA) is 80.7 Å². The number of nitrogens with zero attached hydrogens (tertiary/aromatic N) is 5. The molecule has 33 heavy (non-hydrogen) atoms. The van der Waals surface area contributed by atoms with Crippen molar-refractivity contribution >= 4 is 46.2 Å². The van der Waals surface area contributed by atoms with E-state index in [1.54, 1.807) is 45.8 Å². The van der Waals surface area contributed by atoms with E-state index in [2.05, 4.69) is 15.0 Å². The second-order valence-corrected chi connectivity index (χ2v) is 10.0. The zero-order chi connectivity index (χ0) is 24.5. The Bertz CT molecular complexity index is 1040. The summed E-state index contributed by atoms with van der Waals surface area (Å²) in [6, 6.07) is -0.768. The van der Waals surface area contributed by atoms with Crippen LogP contribution in [0.2, 0.25) is 5.15 Å². The lowest BCUT2D eigenvalue weighted by atomic mass is 10.1. The monoisotopic (exact) mass is 503 g/mol. The molecule has 8 nitrogen and oxygen atoms in total. The van der Waals surface area contributed by atoms with E-state index in [0.29, 0.717) is 17.5 Å². The van der Waals surface area contributed by atoms with Crippen molar-refractivity contribution in [2.75, 3.05) is 37.5 Å². The molecule has 0 bridgehead atoms. The summed E-state index contributed by atoms with van der Waals surface area (Å²) in [6.45, 7) is 8.75.